The maximum Gasteiger partial charge on any atom is 0.282 e. The average Bonchev–Trinajstić information content (AvgIpc) is 3.04. The van der Waals surface area contributed by atoms with Crippen molar-refractivity contribution in [2.75, 3.05) is 26.7 Å². The molecular formula is C11H22ClN3O2S. The second kappa shape index (κ2) is 5.25. The normalized spacial score (nSPS) is 36.2. The van der Waals surface area contributed by atoms with E-state index in [0.717, 1.165) is 38.9 Å². The first-order valence-corrected chi connectivity index (χ1v) is 7.94. The van der Waals surface area contributed by atoms with E-state index in [1.54, 1.807) is 15.7 Å². The summed E-state index contributed by atoms with van der Waals surface area (Å²) in [5.74, 6) is 0.616. The molecule has 2 aliphatic heterocycles. The highest BCUT2D eigenvalue weighted by Gasteiger charge is 2.46. The molecule has 0 radical (unpaired) electrons. The zero-order valence-corrected chi connectivity index (χ0v) is 12.3. The predicted molar refractivity (Wildman–Crippen MR) is 73.0 cm³/mol. The van der Waals surface area contributed by atoms with Crippen molar-refractivity contribution in [3.8, 4) is 0 Å². The lowest BCUT2D eigenvalue weighted by Gasteiger charge is -2.32. The molecule has 1 saturated carbocycles. The summed E-state index contributed by atoms with van der Waals surface area (Å²) in [4.78, 5) is 0. The van der Waals surface area contributed by atoms with Crippen molar-refractivity contribution in [3.05, 3.63) is 0 Å². The summed E-state index contributed by atoms with van der Waals surface area (Å²) in [5.41, 5.74) is 0. The van der Waals surface area contributed by atoms with Gasteiger partial charge in [0.25, 0.3) is 10.2 Å². The number of nitrogens with one attached hydrogen (secondary N) is 1. The zero-order chi connectivity index (χ0) is 12.0. The lowest BCUT2D eigenvalue weighted by molar-refractivity contribution is 0.286. The van der Waals surface area contributed by atoms with Crippen LogP contribution in [-0.2, 0) is 10.2 Å². The summed E-state index contributed by atoms with van der Waals surface area (Å²) in [6.07, 6.45) is 4.28. The van der Waals surface area contributed by atoms with Crippen LogP contribution >= 0.6 is 12.4 Å². The summed E-state index contributed by atoms with van der Waals surface area (Å²) in [5, 5.41) is 3.23. The summed E-state index contributed by atoms with van der Waals surface area (Å²) in [7, 11) is -1.49. The van der Waals surface area contributed by atoms with Crippen LogP contribution in [0.5, 0.6) is 0 Å². The Hall–Kier alpha value is 0.120. The molecular weight excluding hydrogens is 274 g/mol. The largest absolute Gasteiger partial charge is 0.315 e. The topological polar surface area (TPSA) is 52.7 Å². The second-order valence-electron chi connectivity index (χ2n) is 5.57. The van der Waals surface area contributed by atoms with Crippen molar-refractivity contribution in [1.82, 2.24) is 13.9 Å². The molecule has 0 spiro atoms. The minimum atomic E-state index is -3.23. The molecule has 18 heavy (non-hydrogen) atoms. The van der Waals surface area contributed by atoms with Crippen LogP contribution in [0.25, 0.3) is 0 Å². The second-order valence-corrected chi connectivity index (χ2v) is 7.51. The van der Waals surface area contributed by atoms with Gasteiger partial charge in [-0.2, -0.15) is 17.0 Å². The average molecular weight is 296 g/mol. The number of nitrogens with zero attached hydrogens (tertiary/aromatic N) is 2. The van der Waals surface area contributed by atoms with E-state index >= 15 is 0 Å². The first kappa shape index (κ1) is 14.5. The van der Waals surface area contributed by atoms with Gasteiger partial charge >= 0.3 is 0 Å². The number of fused-ring (bicyclic) bond motifs is 2. The molecule has 3 rings (SSSR count). The lowest BCUT2D eigenvalue weighted by atomic mass is 10.1. The highest BCUT2D eigenvalue weighted by Crippen LogP contribution is 2.39. The summed E-state index contributed by atoms with van der Waals surface area (Å²) >= 11 is 0. The quantitative estimate of drug-likeness (QED) is 0.822. The van der Waals surface area contributed by atoms with Crippen molar-refractivity contribution in [3.63, 3.8) is 0 Å². The summed E-state index contributed by atoms with van der Waals surface area (Å²) in [6, 6.07) is 0.418. The van der Waals surface area contributed by atoms with Gasteiger partial charge in [0.2, 0.25) is 0 Å². The van der Waals surface area contributed by atoms with Crippen LogP contribution < -0.4 is 5.32 Å². The molecule has 0 aromatic rings. The van der Waals surface area contributed by atoms with E-state index in [0.29, 0.717) is 5.92 Å². The fourth-order valence-corrected chi connectivity index (χ4v) is 5.32. The molecule has 7 heteroatoms. The Labute approximate surface area is 115 Å². The number of likely N-dealkylation sites (N-methyl/N-ethyl adjacent to an activating group) is 1. The molecule has 0 amide bonds. The predicted octanol–water partition coefficient (Wildman–Crippen LogP) is 0.431. The van der Waals surface area contributed by atoms with Crippen LogP contribution in [0, 0.1) is 5.92 Å². The van der Waals surface area contributed by atoms with Crippen LogP contribution in [0.1, 0.15) is 25.7 Å². The van der Waals surface area contributed by atoms with Crippen LogP contribution in [0.2, 0.25) is 0 Å². The molecule has 1 N–H and O–H groups in total. The monoisotopic (exact) mass is 295 g/mol. The SMILES string of the molecule is CN(C1CCNC1)S(=O)(=O)N1CC2CCC1C2.Cl. The standard InChI is InChI=1S/C11H21N3O2S.ClH/c1-13(11-4-5-12-7-11)17(15,16)14-8-9-2-3-10(14)6-9;/h9-12H,2-8H2,1H3;1H. The maximum absolute atomic E-state index is 12.5. The molecule has 3 unspecified atom stereocenters. The molecule has 2 saturated heterocycles. The lowest BCUT2D eigenvalue weighted by Crippen LogP contribution is -2.49. The number of hydrogen-bond acceptors (Lipinski definition) is 3. The number of rotatable bonds is 3. The van der Waals surface area contributed by atoms with Crippen molar-refractivity contribution in [1.29, 1.82) is 0 Å². The fraction of sp³-hybridized carbons (Fsp3) is 1.00. The number of hydrogen-bond donors (Lipinski definition) is 1. The molecule has 106 valence electrons. The van der Waals surface area contributed by atoms with Gasteiger partial charge in [0.15, 0.2) is 0 Å². The minimum absolute atomic E-state index is 0. The van der Waals surface area contributed by atoms with E-state index < -0.39 is 10.2 Å². The molecule has 3 aliphatic rings. The first-order chi connectivity index (χ1) is 8.09. The van der Waals surface area contributed by atoms with Gasteiger partial charge in [-0.3, -0.25) is 0 Å². The van der Waals surface area contributed by atoms with E-state index in [1.165, 1.54) is 6.42 Å². The first-order valence-electron chi connectivity index (χ1n) is 6.54. The molecule has 3 atom stereocenters. The van der Waals surface area contributed by atoms with E-state index in [9.17, 15) is 8.42 Å². The summed E-state index contributed by atoms with van der Waals surface area (Å²) < 4.78 is 28.4. The highest BCUT2D eigenvalue weighted by atomic mass is 35.5. The molecule has 0 aromatic heterocycles. The Bertz CT molecular complexity index is 397. The van der Waals surface area contributed by atoms with Gasteiger partial charge in [-0.1, -0.05) is 0 Å². The van der Waals surface area contributed by atoms with Crippen molar-refractivity contribution in [2.24, 2.45) is 5.92 Å². The molecule has 1 aliphatic carbocycles. The molecule has 5 nitrogen and oxygen atoms in total. The highest BCUT2D eigenvalue weighted by molar-refractivity contribution is 7.86. The van der Waals surface area contributed by atoms with Crippen molar-refractivity contribution < 1.29 is 8.42 Å². The van der Waals surface area contributed by atoms with Crippen molar-refractivity contribution in [2.45, 2.75) is 37.8 Å². The number of halogens is 1. The molecule has 2 bridgehead atoms. The zero-order valence-electron chi connectivity index (χ0n) is 10.7. The third-order valence-electron chi connectivity index (χ3n) is 4.57. The fourth-order valence-electron chi connectivity index (χ4n) is 3.47. The van der Waals surface area contributed by atoms with Gasteiger partial charge in [0, 0.05) is 32.2 Å². The van der Waals surface area contributed by atoms with Gasteiger partial charge in [0.05, 0.1) is 0 Å². The van der Waals surface area contributed by atoms with Crippen LogP contribution in [0.4, 0.5) is 0 Å². The smallest absolute Gasteiger partial charge is 0.282 e. The van der Waals surface area contributed by atoms with Gasteiger partial charge in [0.1, 0.15) is 0 Å². The molecule has 0 aromatic carbocycles. The molecule has 2 heterocycles. The van der Waals surface area contributed by atoms with E-state index in [2.05, 4.69) is 5.32 Å². The van der Waals surface area contributed by atoms with Gasteiger partial charge in [-0.05, 0) is 38.1 Å². The molecule has 3 fully saturated rings. The van der Waals surface area contributed by atoms with Crippen LogP contribution in [0.3, 0.4) is 0 Å². The Balaban J connectivity index is 0.00000120. The van der Waals surface area contributed by atoms with E-state index in [1.807, 2.05) is 0 Å². The third-order valence-corrected chi connectivity index (χ3v) is 6.63. The third kappa shape index (κ3) is 2.29. The van der Waals surface area contributed by atoms with Crippen LogP contribution in [0.15, 0.2) is 0 Å². The van der Waals surface area contributed by atoms with E-state index in [4.69, 9.17) is 0 Å². The van der Waals surface area contributed by atoms with Crippen molar-refractivity contribution >= 4 is 22.6 Å². The Morgan fingerprint density at radius 3 is 2.56 bits per heavy atom. The van der Waals surface area contributed by atoms with Gasteiger partial charge in [-0.15, -0.1) is 12.4 Å². The Morgan fingerprint density at radius 1 is 1.28 bits per heavy atom. The minimum Gasteiger partial charge on any atom is -0.315 e. The number of piperidine rings is 1. The van der Waals surface area contributed by atoms with E-state index in [-0.39, 0.29) is 24.5 Å². The van der Waals surface area contributed by atoms with Crippen LogP contribution in [-0.4, -0.2) is 55.8 Å². The Kier molecular flexibility index (Phi) is 4.23. The van der Waals surface area contributed by atoms with Gasteiger partial charge in [-0.25, -0.2) is 0 Å². The maximum atomic E-state index is 12.5. The summed E-state index contributed by atoms with van der Waals surface area (Å²) in [6.45, 7) is 2.46. The Morgan fingerprint density at radius 2 is 2.06 bits per heavy atom. The van der Waals surface area contributed by atoms with Gasteiger partial charge < -0.3 is 5.32 Å².